The lowest BCUT2D eigenvalue weighted by Gasteiger charge is -2.13. The summed E-state index contributed by atoms with van der Waals surface area (Å²) in [6.45, 7) is 3.87. The Morgan fingerprint density at radius 1 is 1.04 bits per heavy atom. The molecule has 1 amide bonds. The first-order chi connectivity index (χ1) is 11.1. The summed E-state index contributed by atoms with van der Waals surface area (Å²) in [5.74, 6) is -1.12. The molecule has 0 radical (unpaired) electrons. The number of Topliss-reactive ketones (excluding diaryl/α,β-unsaturated/α-hetero) is 1. The lowest BCUT2D eigenvalue weighted by atomic mass is 10.1. The van der Waals surface area contributed by atoms with E-state index < -0.39 is 11.7 Å². The number of carbonyl (C=O) groups excluding carboxylic acids is 2. The maximum Gasteiger partial charge on any atom is 0.292 e. The number of fused-ring (bicyclic) bond motifs is 1. The Hall–Kier alpha value is -2.88. The number of hydrogen-bond acceptors (Lipinski definition) is 2. The van der Waals surface area contributed by atoms with Crippen molar-refractivity contribution in [3.63, 3.8) is 0 Å². The number of aromatic amines is 1. The zero-order valence-corrected chi connectivity index (χ0v) is 13.1. The van der Waals surface area contributed by atoms with E-state index in [2.05, 4.69) is 10.3 Å². The molecule has 0 aliphatic carbocycles. The lowest BCUT2D eigenvalue weighted by molar-refractivity contribution is -0.117. The largest absolute Gasteiger partial charge is 0.360 e. The Balaban J connectivity index is 1.77. The molecule has 1 atom stereocenters. The number of H-pyrrole nitrogens is 1. The molecule has 4 nitrogen and oxygen atoms in total. The Morgan fingerprint density at radius 3 is 2.48 bits per heavy atom. The topological polar surface area (TPSA) is 62.0 Å². The number of ketones is 1. The van der Waals surface area contributed by atoms with Crippen molar-refractivity contribution in [2.24, 2.45) is 0 Å². The Bertz CT molecular complexity index is 862. The normalized spacial score (nSPS) is 12.1. The molecule has 0 aliphatic heterocycles. The number of aryl methyl sites for hydroxylation is 1. The predicted octanol–water partition coefficient (Wildman–Crippen LogP) is 3.54. The van der Waals surface area contributed by atoms with Gasteiger partial charge in [0.1, 0.15) is 0 Å². The smallest absolute Gasteiger partial charge is 0.292 e. The summed E-state index contributed by atoms with van der Waals surface area (Å²) in [6.07, 6.45) is 1.59. The molecule has 2 aromatic carbocycles. The molecule has 0 bridgehead atoms. The van der Waals surface area contributed by atoms with E-state index in [-0.39, 0.29) is 6.04 Å². The highest BCUT2D eigenvalue weighted by Crippen LogP contribution is 2.19. The minimum Gasteiger partial charge on any atom is -0.360 e. The molecule has 3 aromatic rings. The van der Waals surface area contributed by atoms with Crippen molar-refractivity contribution in [1.29, 1.82) is 0 Å². The fourth-order valence-corrected chi connectivity index (χ4v) is 2.58. The van der Waals surface area contributed by atoms with Gasteiger partial charge in [0.25, 0.3) is 11.7 Å². The summed E-state index contributed by atoms with van der Waals surface area (Å²) in [5.41, 5.74) is 3.36. The fraction of sp³-hybridized carbons (Fsp3) is 0.158. The van der Waals surface area contributed by atoms with Crippen molar-refractivity contribution < 1.29 is 9.59 Å². The monoisotopic (exact) mass is 306 g/mol. The van der Waals surface area contributed by atoms with Gasteiger partial charge in [0.2, 0.25) is 0 Å². The van der Waals surface area contributed by atoms with Crippen LogP contribution in [0.5, 0.6) is 0 Å². The van der Waals surface area contributed by atoms with Crippen LogP contribution in [0.2, 0.25) is 0 Å². The molecule has 0 fully saturated rings. The molecule has 23 heavy (non-hydrogen) atoms. The average Bonchev–Trinajstić information content (AvgIpc) is 2.98. The van der Waals surface area contributed by atoms with Crippen LogP contribution in [0.15, 0.2) is 54.7 Å². The van der Waals surface area contributed by atoms with Gasteiger partial charge in [-0.25, -0.2) is 0 Å². The third-order valence-electron chi connectivity index (χ3n) is 3.97. The Morgan fingerprint density at radius 2 is 1.74 bits per heavy atom. The lowest BCUT2D eigenvalue weighted by Crippen LogP contribution is -2.33. The zero-order chi connectivity index (χ0) is 16.4. The van der Waals surface area contributed by atoms with Crippen molar-refractivity contribution in [1.82, 2.24) is 10.3 Å². The van der Waals surface area contributed by atoms with Crippen molar-refractivity contribution >= 4 is 22.6 Å². The van der Waals surface area contributed by atoms with E-state index in [4.69, 9.17) is 0 Å². The SMILES string of the molecule is Cc1ccc([C@@H](C)NC(=O)C(=O)c2c[nH]c3ccccc23)cc1. The molecule has 4 heteroatoms. The summed E-state index contributed by atoms with van der Waals surface area (Å²) >= 11 is 0. The minimum absolute atomic E-state index is 0.225. The van der Waals surface area contributed by atoms with Gasteiger partial charge in [0, 0.05) is 17.1 Å². The van der Waals surface area contributed by atoms with Crippen LogP contribution >= 0.6 is 0 Å². The standard InChI is InChI=1S/C19H18N2O2/c1-12-7-9-14(10-8-12)13(2)21-19(23)18(22)16-11-20-17-6-4-3-5-15(16)17/h3-11,13,20H,1-2H3,(H,21,23)/t13-/m1/s1. The van der Waals surface area contributed by atoms with Gasteiger partial charge in [-0.15, -0.1) is 0 Å². The maximum absolute atomic E-state index is 12.4. The van der Waals surface area contributed by atoms with Crippen LogP contribution in [0.25, 0.3) is 10.9 Å². The third kappa shape index (κ3) is 3.01. The summed E-state index contributed by atoms with van der Waals surface area (Å²) in [6, 6.07) is 15.1. The zero-order valence-electron chi connectivity index (χ0n) is 13.1. The van der Waals surface area contributed by atoms with Crippen LogP contribution < -0.4 is 5.32 Å². The van der Waals surface area contributed by atoms with E-state index >= 15 is 0 Å². The van der Waals surface area contributed by atoms with Crippen molar-refractivity contribution in [3.8, 4) is 0 Å². The van der Waals surface area contributed by atoms with Gasteiger partial charge >= 0.3 is 0 Å². The van der Waals surface area contributed by atoms with E-state index in [9.17, 15) is 9.59 Å². The van der Waals surface area contributed by atoms with E-state index in [1.807, 2.05) is 62.4 Å². The minimum atomic E-state index is -0.595. The van der Waals surface area contributed by atoms with Crippen LogP contribution in [0.4, 0.5) is 0 Å². The molecule has 116 valence electrons. The van der Waals surface area contributed by atoms with Gasteiger partial charge in [-0.2, -0.15) is 0 Å². The van der Waals surface area contributed by atoms with Crippen molar-refractivity contribution in [2.75, 3.05) is 0 Å². The molecule has 0 spiro atoms. The van der Waals surface area contributed by atoms with Gasteiger partial charge in [-0.3, -0.25) is 9.59 Å². The molecule has 0 saturated carbocycles. The van der Waals surface area contributed by atoms with E-state index in [1.54, 1.807) is 6.20 Å². The summed E-state index contributed by atoms with van der Waals surface area (Å²) in [4.78, 5) is 27.7. The molecular weight excluding hydrogens is 288 g/mol. The predicted molar refractivity (Wildman–Crippen MR) is 90.4 cm³/mol. The molecule has 0 unspecified atom stereocenters. The average molecular weight is 306 g/mol. The fourth-order valence-electron chi connectivity index (χ4n) is 2.58. The van der Waals surface area contributed by atoms with Gasteiger partial charge in [-0.05, 0) is 25.5 Å². The highest BCUT2D eigenvalue weighted by molar-refractivity contribution is 6.45. The van der Waals surface area contributed by atoms with Crippen LogP contribution in [-0.4, -0.2) is 16.7 Å². The van der Waals surface area contributed by atoms with Crippen LogP contribution in [0.1, 0.15) is 34.5 Å². The molecule has 1 heterocycles. The highest BCUT2D eigenvalue weighted by Gasteiger charge is 2.21. The first-order valence-corrected chi connectivity index (χ1v) is 7.54. The number of nitrogens with one attached hydrogen (secondary N) is 2. The number of carbonyl (C=O) groups is 2. The van der Waals surface area contributed by atoms with Gasteiger partial charge in [0.15, 0.2) is 0 Å². The quantitative estimate of drug-likeness (QED) is 0.572. The van der Waals surface area contributed by atoms with Crippen LogP contribution in [-0.2, 0) is 4.79 Å². The summed E-state index contributed by atoms with van der Waals surface area (Å²) in [7, 11) is 0. The number of amides is 1. The van der Waals surface area contributed by atoms with E-state index in [1.165, 1.54) is 0 Å². The first kappa shape index (κ1) is 15.0. The van der Waals surface area contributed by atoms with E-state index in [0.29, 0.717) is 5.56 Å². The van der Waals surface area contributed by atoms with Gasteiger partial charge in [-0.1, -0.05) is 48.0 Å². The second kappa shape index (κ2) is 6.08. The molecular formula is C19H18N2O2. The number of benzene rings is 2. The highest BCUT2D eigenvalue weighted by atomic mass is 16.2. The van der Waals surface area contributed by atoms with Crippen LogP contribution in [0, 0.1) is 6.92 Å². The molecule has 0 saturated heterocycles. The molecule has 0 aliphatic rings. The van der Waals surface area contributed by atoms with Crippen molar-refractivity contribution in [3.05, 3.63) is 71.4 Å². The number of rotatable bonds is 4. The van der Waals surface area contributed by atoms with Gasteiger partial charge in [0.05, 0.1) is 11.6 Å². The second-order valence-corrected chi connectivity index (χ2v) is 5.68. The van der Waals surface area contributed by atoms with Crippen molar-refractivity contribution in [2.45, 2.75) is 19.9 Å². The molecule has 2 N–H and O–H groups in total. The molecule has 1 aromatic heterocycles. The van der Waals surface area contributed by atoms with Crippen LogP contribution in [0.3, 0.4) is 0 Å². The number of hydrogen-bond donors (Lipinski definition) is 2. The summed E-state index contributed by atoms with van der Waals surface area (Å²) in [5, 5.41) is 3.53. The molecule has 3 rings (SSSR count). The third-order valence-corrected chi connectivity index (χ3v) is 3.97. The maximum atomic E-state index is 12.4. The Labute approximate surface area is 134 Å². The summed E-state index contributed by atoms with van der Waals surface area (Å²) < 4.78 is 0. The first-order valence-electron chi connectivity index (χ1n) is 7.54. The second-order valence-electron chi connectivity index (χ2n) is 5.68. The number of aromatic nitrogens is 1. The van der Waals surface area contributed by atoms with Gasteiger partial charge < -0.3 is 10.3 Å². The van der Waals surface area contributed by atoms with E-state index in [0.717, 1.165) is 22.0 Å². The number of para-hydroxylation sites is 1. The Kier molecular flexibility index (Phi) is 3.98.